The number of halogens is 3. The zero-order valence-corrected chi connectivity index (χ0v) is 19.2. The van der Waals surface area contributed by atoms with E-state index in [1.807, 2.05) is 0 Å². The number of ether oxygens (including phenoxy) is 2. The third kappa shape index (κ3) is 5.87. The SMILES string of the molecule is CC(SC1COC(/C=C/c2ccc(F)cc2)OC1)C(O)(Cn1cncn1)c1ccc(F)cc1F. The highest BCUT2D eigenvalue weighted by molar-refractivity contribution is 8.00. The molecule has 34 heavy (non-hydrogen) atoms. The lowest BCUT2D eigenvalue weighted by molar-refractivity contribution is -0.146. The summed E-state index contributed by atoms with van der Waals surface area (Å²) in [5, 5.41) is 15.0. The molecule has 0 saturated carbocycles. The summed E-state index contributed by atoms with van der Waals surface area (Å²) in [7, 11) is 0. The van der Waals surface area contributed by atoms with E-state index in [4.69, 9.17) is 9.47 Å². The van der Waals surface area contributed by atoms with Gasteiger partial charge in [-0.05, 0) is 29.8 Å². The van der Waals surface area contributed by atoms with Crippen LogP contribution in [0.25, 0.3) is 6.08 Å². The molecule has 1 aliphatic rings. The second-order valence-electron chi connectivity index (χ2n) is 7.99. The first-order valence-corrected chi connectivity index (χ1v) is 11.6. The van der Waals surface area contributed by atoms with Crippen LogP contribution in [0.5, 0.6) is 0 Å². The molecular weight excluding hydrogens is 467 g/mol. The molecule has 0 radical (unpaired) electrons. The lowest BCUT2D eigenvalue weighted by Crippen LogP contribution is -2.43. The van der Waals surface area contributed by atoms with Crippen molar-refractivity contribution in [1.82, 2.24) is 14.8 Å². The number of hydrogen-bond acceptors (Lipinski definition) is 6. The largest absolute Gasteiger partial charge is 0.382 e. The maximum absolute atomic E-state index is 14.7. The van der Waals surface area contributed by atoms with E-state index in [-0.39, 0.29) is 23.2 Å². The maximum Gasteiger partial charge on any atom is 0.177 e. The molecule has 2 heterocycles. The molecule has 4 rings (SSSR count). The van der Waals surface area contributed by atoms with Crippen molar-refractivity contribution >= 4 is 17.8 Å². The Morgan fingerprint density at radius 1 is 1.15 bits per heavy atom. The molecule has 2 atom stereocenters. The van der Waals surface area contributed by atoms with E-state index < -0.39 is 28.8 Å². The van der Waals surface area contributed by atoms with Gasteiger partial charge in [0.15, 0.2) is 6.29 Å². The zero-order chi connectivity index (χ0) is 24.1. The van der Waals surface area contributed by atoms with Gasteiger partial charge in [0.1, 0.15) is 35.7 Å². The Bertz CT molecular complexity index is 1110. The molecule has 2 aromatic carbocycles. The van der Waals surface area contributed by atoms with Gasteiger partial charge in [-0.15, -0.1) is 11.8 Å². The molecule has 1 saturated heterocycles. The van der Waals surface area contributed by atoms with Crippen LogP contribution >= 0.6 is 11.8 Å². The third-order valence-corrected chi connectivity index (χ3v) is 7.00. The van der Waals surface area contributed by atoms with Gasteiger partial charge in [-0.2, -0.15) is 5.10 Å². The minimum Gasteiger partial charge on any atom is -0.382 e. The van der Waals surface area contributed by atoms with Crippen LogP contribution < -0.4 is 0 Å². The van der Waals surface area contributed by atoms with Gasteiger partial charge in [0, 0.05) is 16.9 Å². The van der Waals surface area contributed by atoms with Crippen LogP contribution in [0.4, 0.5) is 13.2 Å². The second-order valence-corrected chi connectivity index (χ2v) is 9.63. The van der Waals surface area contributed by atoms with E-state index in [0.29, 0.717) is 13.2 Å². The quantitative estimate of drug-likeness (QED) is 0.511. The van der Waals surface area contributed by atoms with Crippen LogP contribution in [0.15, 0.2) is 61.2 Å². The number of rotatable bonds is 8. The first kappa shape index (κ1) is 24.5. The molecule has 1 aliphatic heterocycles. The number of nitrogens with zero attached hydrogens (tertiary/aromatic N) is 3. The Morgan fingerprint density at radius 2 is 1.85 bits per heavy atom. The molecule has 2 unspecified atom stereocenters. The standard InChI is InChI=1S/C24H24F3N3O3S/c1-16(24(31,13-30-15-28-14-29-30)21-8-7-19(26)10-22(21)27)34-20-11-32-23(33-12-20)9-4-17-2-5-18(25)6-3-17/h2-10,14-16,20,23,31H,11-13H2,1H3/b9-4+. The van der Waals surface area contributed by atoms with Crippen LogP contribution in [0, 0.1) is 17.5 Å². The summed E-state index contributed by atoms with van der Waals surface area (Å²) in [5.74, 6) is -1.86. The molecule has 0 spiro atoms. The third-order valence-electron chi connectivity index (χ3n) is 5.54. The predicted molar refractivity (Wildman–Crippen MR) is 122 cm³/mol. The lowest BCUT2D eigenvalue weighted by atomic mass is 9.90. The van der Waals surface area contributed by atoms with E-state index >= 15 is 0 Å². The summed E-state index contributed by atoms with van der Waals surface area (Å²) in [4.78, 5) is 3.88. The van der Waals surface area contributed by atoms with Gasteiger partial charge < -0.3 is 14.6 Å². The van der Waals surface area contributed by atoms with Crippen LogP contribution in [-0.4, -0.2) is 49.9 Å². The van der Waals surface area contributed by atoms with Gasteiger partial charge in [0.05, 0.1) is 25.0 Å². The Kier molecular flexibility index (Phi) is 7.72. The van der Waals surface area contributed by atoms with Gasteiger partial charge in [0.25, 0.3) is 0 Å². The average molecular weight is 492 g/mol. The van der Waals surface area contributed by atoms with E-state index in [0.717, 1.165) is 17.7 Å². The van der Waals surface area contributed by atoms with E-state index in [1.165, 1.54) is 47.3 Å². The molecule has 1 N–H and O–H groups in total. The molecule has 3 aromatic rings. The molecule has 1 fully saturated rings. The molecule has 6 nitrogen and oxygen atoms in total. The molecule has 0 bridgehead atoms. The van der Waals surface area contributed by atoms with Crippen molar-refractivity contribution < 1.29 is 27.8 Å². The Balaban J connectivity index is 1.41. The van der Waals surface area contributed by atoms with Crippen molar-refractivity contribution in [2.75, 3.05) is 13.2 Å². The van der Waals surface area contributed by atoms with E-state index in [2.05, 4.69) is 10.1 Å². The fourth-order valence-corrected chi connectivity index (χ4v) is 5.01. The predicted octanol–water partition coefficient (Wildman–Crippen LogP) is 4.16. The molecule has 180 valence electrons. The second kappa shape index (κ2) is 10.7. The van der Waals surface area contributed by atoms with Crippen LogP contribution in [0.1, 0.15) is 18.1 Å². The lowest BCUT2D eigenvalue weighted by Gasteiger charge is -2.37. The van der Waals surface area contributed by atoms with Crippen molar-refractivity contribution in [3.63, 3.8) is 0 Å². The minimum atomic E-state index is -1.70. The Hall–Kier alpha value is -2.66. The Labute approximate surface area is 199 Å². The van der Waals surface area contributed by atoms with Crippen molar-refractivity contribution in [3.05, 3.63) is 89.8 Å². The molecule has 0 amide bonds. The van der Waals surface area contributed by atoms with Crippen molar-refractivity contribution in [2.45, 2.75) is 35.9 Å². The van der Waals surface area contributed by atoms with Gasteiger partial charge in [0.2, 0.25) is 0 Å². The molecule has 10 heteroatoms. The summed E-state index contributed by atoms with van der Waals surface area (Å²) in [6, 6.07) is 9.18. The fraction of sp³-hybridized carbons (Fsp3) is 0.333. The van der Waals surface area contributed by atoms with Gasteiger partial charge in [-0.1, -0.05) is 31.2 Å². The number of benzene rings is 2. The number of hydrogen-bond donors (Lipinski definition) is 1. The van der Waals surface area contributed by atoms with Crippen LogP contribution in [0.3, 0.4) is 0 Å². The topological polar surface area (TPSA) is 69.4 Å². The van der Waals surface area contributed by atoms with Gasteiger partial charge in [-0.25, -0.2) is 22.8 Å². The Morgan fingerprint density at radius 3 is 2.50 bits per heavy atom. The van der Waals surface area contributed by atoms with Crippen LogP contribution in [0.2, 0.25) is 0 Å². The van der Waals surface area contributed by atoms with Crippen LogP contribution in [-0.2, 0) is 21.6 Å². The number of aliphatic hydroxyl groups is 1. The molecule has 0 aliphatic carbocycles. The highest BCUT2D eigenvalue weighted by Gasteiger charge is 2.41. The minimum absolute atomic E-state index is 0.0258. The summed E-state index contributed by atoms with van der Waals surface area (Å²) in [5.41, 5.74) is -0.907. The number of aromatic nitrogens is 3. The zero-order valence-electron chi connectivity index (χ0n) is 18.4. The summed E-state index contributed by atoms with van der Waals surface area (Å²) in [6.45, 7) is 2.39. The van der Waals surface area contributed by atoms with E-state index in [9.17, 15) is 18.3 Å². The first-order valence-electron chi connectivity index (χ1n) is 10.7. The van der Waals surface area contributed by atoms with Gasteiger partial charge >= 0.3 is 0 Å². The first-order chi connectivity index (χ1) is 16.3. The summed E-state index contributed by atoms with van der Waals surface area (Å²) >= 11 is 1.39. The summed E-state index contributed by atoms with van der Waals surface area (Å²) in [6.07, 6.45) is 5.72. The highest BCUT2D eigenvalue weighted by Crippen LogP contribution is 2.38. The normalized spacial score (nSPS) is 21.4. The average Bonchev–Trinajstić information content (AvgIpc) is 3.32. The smallest absolute Gasteiger partial charge is 0.177 e. The van der Waals surface area contributed by atoms with Crippen molar-refractivity contribution in [1.29, 1.82) is 0 Å². The van der Waals surface area contributed by atoms with Crippen molar-refractivity contribution in [2.24, 2.45) is 0 Å². The molecular formula is C24H24F3N3O3S. The van der Waals surface area contributed by atoms with E-state index in [1.54, 1.807) is 31.2 Å². The highest BCUT2D eigenvalue weighted by atomic mass is 32.2. The monoisotopic (exact) mass is 491 g/mol. The van der Waals surface area contributed by atoms with Gasteiger partial charge in [-0.3, -0.25) is 0 Å². The molecule has 1 aromatic heterocycles. The summed E-state index contributed by atoms with van der Waals surface area (Å²) < 4.78 is 54.1. The van der Waals surface area contributed by atoms with Crippen molar-refractivity contribution in [3.8, 4) is 0 Å². The fourth-order valence-electron chi connectivity index (χ4n) is 3.69. The number of thioether (sulfide) groups is 1. The maximum atomic E-state index is 14.7.